The van der Waals surface area contributed by atoms with Crippen LogP contribution in [0, 0.1) is 5.82 Å². The van der Waals surface area contributed by atoms with Gasteiger partial charge in [0.15, 0.2) is 0 Å². The average molecular weight is 407 g/mol. The van der Waals surface area contributed by atoms with Crippen LogP contribution in [-0.2, 0) is 0 Å². The summed E-state index contributed by atoms with van der Waals surface area (Å²) in [6, 6.07) is 24.8. The highest BCUT2D eigenvalue weighted by atomic mass is 19.1. The molecule has 0 spiro atoms. The van der Waals surface area contributed by atoms with Crippen LogP contribution in [0.15, 0.2) is 78.9 Å². The monoisotopic (exact) mass is 406 g/mol. The maximum absolute atomic E-state index is 13.1. The highest BCUT2D eigenvalue weighted by Crippen LogP contribution is 2.22. The van der Waals surface area contributed by atoms with Crippen LogP contribution < -0.4 is 9.64 Å². The van der Waals surface area contributed by atoms with Crippen LogP contribution in [0.4, 0.5) is 10.1 Å². The van der Waals surface area contributed by atoms with Crippen molar-refractivity contribution in [3.05, 3.63) is 84.7 Å². The number of anilines is 1. The molecule has 0 saturated carbocycles. The van der Waals surface area contributed by atoms with Crippen molar-refractivity contribution in [3.63, 3.8) is 0 Å². The van der Waals surface area contributed by atoms with Crippen molar-refractivity contribution < 1.29 is 14.2 Å². The number of hydrogen-bond donors (Lipinski definition) is 1. The number of aliphatic hydroxyl groups is 1. The van der Waals surface area contributed by atoms with Gasteiger partial charge in [-0.05, 0) is 47.5 Å². The molecule has 0 radical (unpaired) electrons. The van der Waals surface area contributed by atoms with Crippen molar-refractivity contribution >= 4 is 5.69 Å². The Morgan fingerprint density at radius 1 is 0.800 bits per heavy atom. The Morgan fingerprint density at radius 3 is 2.10 bits per heavy atom. The van der Waals surface area contributed by atoms with E-state index in [2.05, 4.69) is 21.9 Å². The van der Waals surface area contributed by atoms with Gasteiger partial charge in [0, 0.05) is 38.4 Å². The van der Waals surface area contributed by atoms with Crippen molar-refractivity contribution in [3.8, 4) is 16.9 Å². The maximum Gasteiger partial charge on any atom is 0.123 e. The molecule has 1 saturated heterocycles. The van der Waals surface area contributed by atoms with Gasteiger partial charge in [0.25, 0.3) is 0 Å². The first-order valence-corrected chi connectivity index (χ1v) is 10.4. The van der Waals surface area contributed by atoms with Gasteiger partial charge >= 0.3 is 0 Å². The average Bonchev–Trinajstić information content (AvgIpc) is 2.80. The van der Waals surface area contributed by atoms with Gasteiger partial charge in [-0.2, -0.15) is 0 Å². The largest absolute Gasteiger partial charge is 0.491 e. The lowest BCUT2D eigenvalue weighted by Crippen LogP contribution is -2.49. The molecule has 5 heteroatoms. The summed E-state index contributed by atoms with van der Waals surface area (Å²) < 4.78 is 18.9. The predicted octanol–water partition coefficient (Wildman–Crippen LogP) is 4.05. The van der Waals surface area contributed by atoms with Gasteiger partial charge in [-0.3, -0.25) is 4.90 Å². The minimum atomic E-state index is -0.545. The zero-order valence-corrected chi connectivity index (χ0v) is 17.0. The lowest BCUT2D eigenvalue weighted by atomic mass is 10.1. The topological polar surface area (TPSA) is 35.9 Å². The van der Waals surface area contributed by atoms with Crippen LogP contribution in [0.25, 0.3) is 11.1 Å². The summed E-state index contributed by atoms with van der Waals surface area (Å²) in [5.74, 6) is 0.546. The van der Waals surface area contributed by atoms with Crippen LogP contribution in [-0.4, -0.2) is 55.4 Å². The van der Waals surface area contributed by atoms with Crippen LogP contribution in [0.1, 0.15) is 0 Å². The lowest BCUT2D eigenvalue weighted by molar-refractivity contribution is 0.0663. The Labute approximate surface area is 177 Å². The molecule has 0 amide bonds. The van der Waals surface area contributed by atoms with Gasteiger partial charge in [-0.15, -0.1) is 0 Å². The van der Waals surface area contributed by atoms with Crippen molar-refractivity contribution in [1.29, 1.82) is 0 Å². The summed E-state index contributed by atoms with van der Waals surface area (Å²) in [4.78, 5) is 4.49. The lowest BCUT2D eigenvalue weighted by Gasteiger charge is -2.36. The second-order valence-corrected chi connectivity index (χ2v) is 7.62. The van der Waals surface area contributed by atoms with E-state index in [-0.39, 0.29) is 12.4 Å². The van der Waals surface area contributed by atoms with Gasteiger partial charge in [-0.25, -0.2) is 4.39 Å². The molecule has 1 unspecified atom stereocenters. The number of piperazine rings is 1. The predicted molar refractivity (Wildman–Crippen MR) is 118 cm³/mol. The first kappa shape index (κ1) is 20.4. The quantitative estimate of drug-likeness (QED) is 0.642. The Hall–Kier alpha value is -2.89. The third-order valence-corrected chi connectivity index (χ3v) is 5.44. The number of ether oxygens (including phenoxy) is 1. The number of rotatable bonds is 7. The molecular weight excluding hydrogens is 379 g/mol. The van der Waals surface area contributed by atoms with Crippen molar-refractivity contribution in [1.82, 2.24) is 4.90 Å². The van der Waals surface area contributed by atoms with E-state index < -0.39 is 6.10 Å². The summed E-state index contributed by atoms with van der Waals surface area (Å²) in [7, 11) is 0. The summed E-state index contributed by atoms with van der Waals surface area (Å²) in [5, 5.41) is 10.4. The molecular formula is C25H27FN2O2. The van der Waals surface area contributed by atoms with E-state index in [1.165, 1.54) is 17.7 Å². The van der Waals surface area contributed by atoms with E-state index in [1.807, 2.05) is 54.6 Å². The smallest absolute Gasteiger partial charge is 0.123 e. The third-order valence-electron chi connectivity index (χ3n) is 5.44. The maximum atomic E-state index is 13.1. The molecule has 0 bridgehead atoms. The van der Waals surface area contributed by atoms with Crippen LogP contribution in [0.2, 0.25) is 0 Å². The highest BCUT2D eigenvalue weighted by Gasteiger charge is 2.19. The van der Waals surface area contributed by atoms with Gasteiger partial charge in [0.1, 0.15) is 24.3 Å². The molecule has 1 fully saturated rings. The van der Waals surface area contributed by atoms with E-state index in [9.17, 15) is 9.50 Å². The van der Waals surface area contributed by atoms with Gasteiger partial charge < -0.3 is 14.7 Å². The SMILES string of the molecule is OC(COc1ccc(-c2ccccc2)cc1)CN1CCN(c2ccc(F)cc2)CC1. The van der Waals surface area contributed by atoms with E-state index in [1.54, 1.807) is 0 Å². The van der Waals surface area contributed by atoms with Gasteiger partial charge in [0.05, 0.1) is 0 Å². The molecule has 3 aromatic carbocycles. The fourth-order valence-corrected chi connectivity index (χ4v) is 3.76. The van der Waals surface area contributed by atoms with Crippen molar-refractivity contribution in [2.24, 2.45) is 0 Å². The Balaban J connectivity index is 1.21. The summed E-state index contributed by atoms with van der Waals surface area (Å²) in [5.41, 5.74) is 3.35. The first-order chi connectivity index (χ1) is 14.7. The Bertz CT molecular complexity index is 908. The van der Waals surface area contributed by atoms with E-state index in [0.717, 1.165) is 43.2 Å². The number of nitrogens with zero attached hydrogens (tertiary/aromatic N) is 2. The molecule has 0 aromatic heterocycles. The number of hydrogen-bond acceptors (Lipinski definition) is 4. The molecule has 30 heavy (non-hydrogen) atoms. The Kier molecular flexibility index (Phi) is 6.62. The van der Waals surface area contributed by atoms with Crippen molar-refractivity contribution in [2.45, 2.75) is 6.10 Å². The second-order valence-electron chi connectivity index (χ2n) is 7.62. The first-order valence-electron chi connectivity index (χ1n) is 10.4. The summed E-state index contributed by atoms with van der Waals surface area (Å²) in [6.45, 7) is 4.29. The number of aliphatic hydroxyl groups excluding tert-OH is 1. The molecule has 4 rings (SSSR count). The zero-order chi connectivity index (χ0) is 20.8. The number of halogens is 1. The molecule has 1 aliphatic rings. The molecule has 3 aromatic rings. The minimum absolute atomic E-state index is 0.213. The summed E-state index contributed by atoms with van der Waals surface area (Å²) in [6.07, 6.45) is -0.545. The molecule has 1 N–H and O–H groups in total. The van der Waals surface area contributed by atoms with E-state index in [4.69, 9.17) is 4.74 Å². The zero-order valence-electron chi connectivity index (χ0n) is 17.0. The molecule has 1 heterocycles. The fraction of sp³-hybridized carbons (Fsp3) is 0.280. The van der Waals surface area contributed by atoms with Crippen LogP contribution in [0.5, 0.6) is 5.75 Å². The number of β-amino-alcohol motifs (C(OH)–C–C–N with tert-alkyl or cyclic N) is 1. The molecule has 156 valence electrons. The molecule has 1 atom stereocenters. The number of benzene rings is 3. The highest BCUT2D eigenvalue weighted by molar-refractivity contribution is 5.63. The van der Waals surface area contributed by atoms with Crippen LogP contribution >= 0.6 is 0 Å². The molecule has 1 aliphatic heterocycles. The van der Waals surface area contributed by atoms with E-state index >= 15 is 0 Å². The van der Waals surface area contributed by atoms with Crippen molar-refractivity contribution in [2.75, 3.05) is 44.2 Å². The Morgan fingerprint density at radius 2 is 1.43 bits per heavy atom. The van der Waals surface area contributed by atoms with Gasteiger partial charge in [-0.1, -0.05) is 42.5 Å². The molecule has 0 aliphatic carbocycles. The second kappa shape index (κ2) is 9.74. The van der Waals surface area contributed by atoms with E-state index in [0.29, 0.717) is 6.54 Å². The fourth-order valence-electron chi connectivity index (χ4n) is 3.76. The summed E-state index contributed by atoms with van der Waals surface area (Å²) >= 11 is 0. The van der Waals surface area contributed by atoms with Crippen LogP contribution in [0.3, 0.4) is 0 Å². The van der Waals surface area contributed by atoms with Gasteiger partial charge in [0.2, 0.25) is 0 Å². The third kappa shape index (κ3) is 5.38. The minimum Gasteiger partial charge on any atom is -0.491 e. The molecule has 4 nitrogen and oxygen atoms in total. The normalized spacial score (nSPS) is 15.7. The standard InChI is InChI=1S/C25H27FN2O2/c26-22-8-10-23(11-9-22)28-16-14-27(15-17-28)18-24(29)19-30-25-12-6-21(7-13-25)20-4-2-1-3-5-20/h1-13,24,29H,14-19H2.